The number of thioether (sulfide) groups is 2. The summed E-state index contributed by atoms with van der Waals surface area (Å²) in [6.45, 7) is 7.62. The van der Waals surface area contributed by atoms with Gasteiger partial charge in [-0.25, -0.2) is 0 Å². The molecule has 0 saturated carbocycles. The minimum Gasteiger partial charge on any atom is -0.390 e. The van der Waals surface area contributed by atoms with Gasteiger partial charge in [0.25, 0.3) is 0 Å². The summed E-state index contributed by atoms with van der Waals surface area (Å²) in [5.74, 6) is 1.05. The van der Waals surface area contributed by atoms with Crippen LogP contribution in [0.5, 0.6) is 0 Å². The molecule has 1 heterocycles. The van der Waals surface area contributed by atoms with Gasteiger partial charge in [-0.3, -0.25) is 0 Å². The van der Waals surface area contributed by atoms with E-state index in [9.17, 15) is 5.11 Å². The lowest BCUT2D eigenvalue weighted by Gasteiger charge is -2.33. The van der Waals surface area contributed by atoms with E-state index in [1.54, 1.807) is 0 Å². The molecule has 1 fully saturated rings. The van der Waals surface area contributed by atoms with Gasteiger partial charge in [0, 0.05) is 28.1 Å². The van der Waals surface area contributed by atoms with Crippen LogP contribution in [0.15, 0.2) is 0 Å². The summed E-state index contributed by atoms with van der Waals surface area (Å²) in [7, 11) is 0. The van der Waals surface area contributed by atoms with E-state index in [2.05, 4.69) is 13.8 Å². The van der Waals surface area contributed by atoms with E-state index in [1.165, 1.54) is 0 Å². The maximum atomic E-state index is 9.85. The summed E-state index contributed by atoms with van der Waals surface area (Å²) in [6, 6.07) is 0. The topological polar surface area (TPSA) is 29.5 Å². The van der Waals surface area contributed by atoms with Gasteiger partial charge in [-0.05, 0) is 6.92 Å². The first kappa shape index (κ1) is 12.7. The molecule has 0 spiro atoms. The molecule has 0 amide bonds. The largest absolute Gasteiger partial charge is 0.390 e. The van der Waals surface area contributed by atoms with Crippen LogP contribution in [0.2, 0.25) is 0 Å². The zero-order chi connectivity index (χ0) is 10.6. The minimum atomic E-state index is -0.303. The molecule has 0 aliphatic carbocycles. The van der Waals surface area contributed by atoms with Gasteiger partial charge in [-0.15, -0.1) is 0 Å². The van der Waals surface area contributed by atoms with E-state index in [4.69, 9.17) is 4.74 Å². The molecule has 0 bridgehead atoms. The maximum Gasteiger partial charge on any atom is 0.0899 e. The Labute approximate surface area is 95.2 Å². The monoisotopic (exact) mass is 236 g/mol. The Hall–Kier alpha value is 0.620. The van der Waals surface area contributed by atoms with Crippen molar-refractivity contribution >= 4 is 23.5 Å². The van der Waals surface area contributed by atoms with Crippen LogP contribution in [0.25, 0.3) is 0 Å². The van der Waals surface area contributed by atoms with Crippen LogP contribution >= 0.6 is 23.5 Å². The van der Waals surface area contributed by atoms with Gasteiger partial charge >= 0.3 is 0 Å². The molecule has 2 nitrogen and oxygen atoms in total. The van der Waals surface area contributed by atoms with Gasteiger partial charge in [0.05, 0.1) is 12.7 Å². The van der Waals surface area contributed by atoms with Gasteiger partial charge < -0.3 is 9.84 Å². The average molecular weight is 236 g/mol. The van der Waals surface area contributed by atoms with E-state index < -0.39 is 0 Å². The second kappa shape index (κ2) is 6.26. The lowest BCUT2D eigenvalue weighted by molar-refractivity contribution is 0.0442. The first-order valence-electron chi connectivity index (χ1n) is 5.18. The molecule has 1 aliphatic rings. The molecule has 0 aromatic rings. The molecular formula is C10H20O2S2. The summed E-state index contributed by atoms with van der Waals surface area (Å²) in [5, 5.41) is 11.5. The van der Waals surface area contributed by atoms with Crippen molar-refractivity contribution in [2.24, 2.45) is 0 Å². The first-order valence-corrected chi connectivity index (χ1v) is 7.17. The number of hydrogen-bond donors (Lipinski definition) is 1. The lowest BCUT2D eigenvalue weighted by atomic mass is 10.3. The fourth-order valence-electron chi connectivity index (χ4n) is 1.36. The second-order valence-corrected chi connectivity index (χ2v) is 6.68. The molecule has 84 valence electrons. The summed E-state index contributed by atoms with van der Waals surface area (Å²) in [6.07, 6.45) is -0.303. The minimum absolute atomic E-state index is 0.303. The standard InChI is InChI=1S/C10H20O2S2/c1-4-12-5-9(11)10-6-13-7(2)8(3)14-10/h7-11H,4-6H2,1-3H3. The highest BCUT2D eigenvalue weighted by molar-refractivity contribution is 8.07. The SMILES string of the molecule is CCOCC(O)C1CSC(C)C(C)S1. The van der Waals surface area contributed by atoms with Crippen molar-refractivity contribution in [1.29, 1.82) is 0 Å². The molecule has 4 heteroatoms. The molecule has 4 atom stereocenters. The number of rotatable bonds is 4. The van der Waals surface area contributed by atoms with Crippen LogP contribution in [-0.2, 0) is 4.74 Å². The van der Waals surface area contributed by atoms with Crippen molar-refractivity contribution in [3.63, 3.8) is 0 Å². The van der Waals surface area contributed by atoms with Crippen molar-refractivity contribution in [2.45, 2.75) is 42.6 Å². The van der Waals surface area contributed by atoms with Gasteiger partial charge in [-0.2, -0.15) is 23.5 Å². The molecule has 1 saturated heterocycles. The fraction of sp³-hybridized carbons (Fsp3) is 1.00. The smallest absolute Gasteiger partial charge is 0.0899 e. The summed E-state index contributed by atoms with van der Waals surface area (Å²) < 4.78 is 5.24. The Balaban J connectivity index is 2.30. The van der Waals surface area contributed by atoms with Crippen molar-refractivity contribution in [1.82, 2.24) is 0 Å². The van der Waals surface area contributed by atoms with Crippen molar-refractivity contribution in [2.75, 3.05) is 19.0 Å². The van der Waals surface area contributed by atoms with Crippen LogP contribution in [0.1, 0.15) is 20.8 Å². The lowest BCUT2D eigenvalue weighted by Crippen LogP contribution is -2.37. The Bertz CT molecular complexity index is 166. The molecular weight excluding hydrogens is 216 g/mol. The van der Waals surface area contributed by atoms with Crippen LogP contribution in [-0.4, -0.2) is 45.9 Å². The summed E-state index contributed by atoms with van der Waals surface area (Å²) in [4.78, 5) is 0. The van der Waals surface area contributed by atoms with E-state index in [0.717, 1.165) is 5.75 Å². The molecule has 1 N–H and O–H groups in total. The zero-order valence-electron chi connectivity index (χ0n) is 9.10. The highest BCUT2D eigenvalue weighted by Crippen LogP contribution is 2.36. The number of ether oxygens (including phenoxy) is 1. The predicted octanol–water partition coefficient (Wildman–Crippen LogP) is 2.01. The summed E-state index contributed by atoms with van der Waals surface area (Å²) in [5.41, 5.74) is 0. The predicted molar refractivity (Wildman–Crippen MR) is 65.3 cm³/mol. The Morgan fingerprint density at radius 3 is 2.71 bits per heavy atom. The molecule has 0 aromatic carbocycles. The van der Waals surface area contributed by atoms with Crippen molar-refractivity contribution in [3.05, 3.63) is 0 Å². The maximum absolute atomic E-state index is 9.85. The Morgan fingerprint density at radius 2 is 2.14 bits per heavy atom. The van der Waals surface area contributed by atoms with Crippen molar-refractivity contribution in [3.8, 4) is 0 Å². The molecule has 4 unspecified atom stereocenters. The number of aliphatic hydroxyl groups is 1. The Morgan fingerprint density at radius 1 is 1.43 bits per heavy atom. The Kier molecular flexibility index (Phi) is 5.67. The van der Waals surface area contributed by atoms with Gasteiger partial charge in [0.1, 0.15) is 0 Å². The third kappa shape index (κ3) is 3.65. The number of hydrogen-bond acceptors (Lipinski definition) is 4. The number of aliphatic hydroxyl groups excluding tert-OH is 1. The molecule has 1 aliphatic heterocycles. The fourth-order valence-corrected chi connectivity index (χ4v) is 4.35. The molecule has 1 rings (SSSR count). The molecule has 0 aromatic heterocycles. The van der Waals surface area contributed by atoms with Gasteiger partial charge in [0.15, 0.2) is 0 Å². The van der Waals surface area contributed by atoms with Crippen LogP contribution < -0.4 is 0 Å². The van der Waals surface area contributed by atoms with Crippen LogP contribution in [0, 0.1) is 0 Å². The van der Waals surface area contributed by atoms with E-state index in [1.807, 2.05) is 30.4 Å². The molecule has 14 heavy (non-hydrogen) atoms. The highest BCUT2D eigenvalue weighted by Gasteiger charge is 2.30. The van der Waals surface area contributed by atoms with E-state index in [-0.39, 0.29) is 6.10 Å². The van der Waals surface area contributed by atoms with Gasteiger partial charge in [-0.1, -0.05) is 13.8 Å². The van der Waals surface area contributed by atoms with Crippen molar-refractivity contribution < 1.29 is 9.84 Å². The normalized spacial score (nSPS) is 35.6. The molecule has 0 radical (unpaired) electrons. The zero-order valence-corrected chi connectivity index (χ0v) is 10.7. The van der Waals surface area contributed by atoms with E-state index >= 15 is 0 Å². The quantitative estimate of drug-likeness (QED) is 0.808. The van der Waals surface area contributed by atoms with Crippen LogP contribution in [0.4, 0.5) is 0 Å². The second-order valence-electron chi connectivity index (χ2n) is 3.64. The third-order valence-electron chi connectivity index (χ3n) is 2.50. The van der Waals surface area contributed by atoms with Gasteiger partial charge in [0.2, 0.25) is 0 Å². The summed E-state index contributed by atoms with van der Waals surface area (Å²) >= 11 is 3.86. The third-order valence-corrected chi connectivity index (χ3v) is 6.03. The van der Waals surface area contributed by atoms with Crippen LogP contribution in [0.3, 0.4) is 0 Å². The van der Waals surface area contributed by atoms with E-state index in [0.29, 0.717) is 29.0 Å². The first-order chi connectivity index (χ1) is 6.65. The highest BCUT2D eigenvalue weighted by atomic mass is 32.2. The average Bonchev–Trinajstić information content (AvgIpc) is 2.18.